The van der Waals surface area contributed by atoms with Gasteiger partial charge in [-0.25, -0.2) is 4.79 Å². The first-order valence-electron chi connectivity index (χ1n) is 5.30. The average Bonchev–Trinajstić information content (AvgIpc) is 2.34. The van der Waals surface area contributed by atoms with Crippen molar-refractivity contribution >= 4 is 18.9 Å². The molecule has 1 aromatic rings. The van der Waals surface area contributed by atoms with E-state index in [1.165, 1.54) is 13.3 Å². The van der Waals surface area contributed by atoms with Gasteiger partial charge in [0.25, 0.3) is 0 Å². The SMILES string of the molecule is CP(C)(=O)C(O)C(=O)OCC(=O)c1ccccc1. The van der Waals surface area contributed by atoms with Crippen molar-refractivity contribution in [2.24, 2.45) is 0 Å². The summed E-state index contributed by atoms with van der Waals surface area (Å²) < 4.78 is 16.1. The third-order valence-electron chi connectivity index (χ3n) is 2.24. The van der Waals surface area contributed by atoms with Crippen LogP contribution in [0.1, 0.15) is 10.4 Å². The Bertz CT molecular complexity index is 477. The van der Waals surface area contributed by atoms with Crippen molar-refractivity contribution in [3.05, 3.63) is 35.9 Å². The van der Waals surface area contributed by atoms with Crippen LogP contribution in [0.4, 0.5) is 0 Å². The zero-order valence-corrected chi connectivity index (χ0v) is 11.1. The van der Waals surface area contributed by atoms with E-state index in [0.29, 0.717) is 5.56 Å². The monoisotopic (exact) mass is 270 g/mol. The molecule has 0 aliphatic rings. The van der Waals surface area contributed by atoms with E-state index in [1.54, 1.807) is 30.3 Å². The van der Waals surface area contributed by atoms with Crippen LogP contribution in [0.3, 0.4) is 0 Å². The van der Waals surface area contributed by atoms with Crippen LogP contribution in [0, 0.1) is 0 Å². The van der Waals surface area contributed by atoms with Gasteiger partial charge in [0.1, 0.15) is 7.14 Å². The lowest BCUT2D eigenvalue weighted by Gasteiger charge is -2.13. The van der Waals surface area contributed by atoms with Crippen LogP contribution < -0.4 is 0 Å². The number of rotatable bonds is 5. The molecular weight excluding hydrogens is 255 g/mol. The fourth-order valence-corrected chi connectivity index (χ4v) is 1.75. The zero-order chi connectivity index (χ0) is 13.8. The Morgan fingerprint density at radius 3 is 2.33 bits per heavy atom. The van der Waals surface area contributed by atoms with Gasteiger partial charge in [-0.1, -0.05) is 30.3 Å². The van der Waals surface area contributed by atoms with Crippen molar-refractivity contribution < 1.29 is 24.0 Å². The fourth-order valence-electron chi connectivity index (χ4n) is 1.17. The molecule has 1 unspecified atom stereocenters. The first-order valence-corrected chi connectivity index (χ1v) is 7.97. The maximum absolute atomic E-state index is 11.6. The minimum absolute atomic E-state index is 0.377. The molecule has 0 saturated heterocycles. The minimum atomic E-state index is -2.98. The van der Waals surface area contributed by atoms with Crippen LogP contribution >= 0.6 is 7.14 Å². The molecule has 98 valence electrons. The number of benzene rings is 1. The van der Waals surface area contributed by atoms with Gasteiger partial charge in [-0.2, -0.15) is 0 Å². The van der Waals surface area contributed by atoms with Gasteiger partial charge in [0.2, 0.25) is 5.85 Å². The average molecular weight is 270 g/mol. The van der Waals surface area contributed by atoms with Crippen molar-refractivity contribution in [3.63, 3.8) is 0 Å². The van der Waals surface area contributed by atoms with E-state index in [4.69, 9.17) is 0 Å². The lowest BCUT2D eigenvalue weighted by atomic mass is 10.1. The number of aliphatic hydroxyl groups excluding tert-OH is 1. The van der Waals surface area contributed by atoms with E-state index in [-0.39, 0.29) is 5.78 Å². The number of ether oxygens (including phenoxy) is 1. The van der Waals surface area contributed by atoms with Crippen molar-refractivity contribution in [1.29, 1.82) is 0 Å². The fraction of sp³-hybridized carbons (Fsp3) is 0.333. The lowest BCUT2D eigenvalue weighted by molar-refractivity contribution is -0.148. The van der Waals surface area contributed by atoms with E-state index >= 15 is 0 Å². The van der Waals surface area contributed by atoms with Crippen LogP contribution in [0.5, 0.6) is 0 Å². The molecule has 0 spiro atoms. The Hall–Kier alpha value is -1.45. The summed E-state index contributed by atoms with van der Waals surface area (Å²) in [6.45, 7) is 2.08. The molecule has 0 heterocycles. The van der Waals surface area contributed by atoms with Crippen molar-refractivity contribution in [2.75, 3.05) is 19.9 Å². The number of carbonyl (C=O) groups excluding carboxylic acids is 2. The molecular formula is C12H15O5P. The largest absolute Gasteiger partial charge is 0.455 e. The van der Waals surface area contributed by atoms with Gasteiger partial charge in [-0.15, -0.1) is 0 Å². The predicted molar refractivity (Wildman–Crippen MR) is 67.2 cm³/mol. The maximum atomic E-state index is 11.6. The highest BCUT2D eigenvalue weighted by Crippen LogP contribution is 2.41. The number of Topliss-reactive ketones (excluding diaryl/α,β-unsaturated/α-hetero) is 1. The van der Waals surface area contributed by atoms with Gasteiger partial charge in [-0.05, 0) is 13.3 Å². The first kappa shape index (κ1) is 14.6. The molecule has 1 N–H and O–H groups in total. The normalized spacial score (nSPS) is 12.8. The van der Waals surface area contributed by atoms with Gasteiger partial charge in [0.15, 0.2) is 12.4 Å². The lowest BCUT2D eigenvalue weighted by Crippen LogP contribution is -2.25. The second-order valence-electron chi connectivity index (χ2n) is 4.20. The molecule has 0 aliphatic carbocycles. The number of esters is 1. The summed E-state index contributed by atoms with van der Waals surface area (Å²) in [5.74, 6) is -3.09. The molecule has 0 aromatic heterocycles. The summed E-state index contributed by atoms with van der Waals surface area (Å²) in [6.07, 6.45) is 0. The maximum Gasteiger partial charge on any atom is 0.343 e. The van der Waals surface area contributed by atoms with Gasteiger partial charge >= 0.3 is 5.97 Å². The van der Waals surface area contributed by atoms with E-state index in [0.717, 1.165) is 0 Å². The molecule has 0 fully saturated rings. The highest BCUT2D eigenvalue weighted by molar-refractivity contribution is 7.63. The molecule has 0 bridgehead atoms. The summed E-state index contributed by atoms with van der Waals surface area (Å²) in [5.41, 5.74) is 0.413. The highest BCUT2D eigenvalue weighted by Gasteiger charge is 2.29. The molecule has 0 amide bonds. The second-order valence-corrected chi connectivity index (χ2v) is 7.56. The Kier molecular flexibility index (Phi) is 4.82. The van der Waals surface area contributed by atoms with Gasteiger partial charge < -0.3 is 14.4 Å². The van der Waals surface area contributed by atoms with Gasteiger partial charge in [-0.3, -0.25) is 4.79 Å². The van der Waals surface area contributed by atoms with Crippen LogP contribution in [0.25, 0.3) is 0 Å². The van der Waals surface area contributed by atoms with Crippen molar-refractivity contribution in [1.82, 2.24) is 0 Å². The van der Waals surface area contributed by atoms with Crippen LogP contribution in [0.15, 0.2) is 30.3 Å². The molecule has 18 heavy (non-hydrogen) atoms. The minimum Gasteiger partial charge on any atom is -0.455 e. The topological polar surface area (TPSA) is 80.7 Å². The number of carbonyl (C=O) groups is 2. The van der Waals surface area contributed by atoms with Crippen molar-refractivity contribution in [3.8, 4) is 0 Å². The number of ketones is 1. The Balaban J connectivity index is 2.54. The summed E-state index contributed by atoms with van der Waals surface area (Å²) in [5, 5.41) is 9.39. The summed E-state index contributed by atoms with van der Waals surface area (Å²) in [7, 11) is -2.98. The van der Waals surface area contributed by atoms with Gasteiger partial charge in [0, 0.05) is 5.56 Å². The highest BCUT2D eigenvalue weighted by atomic mass is 31.2. The molecule has 5 nitrogen and oxygen atoms in total. The summed E-state index contributed by atoms with van der Waals surface area (Å²) >= 11 is 0. The zero-order valence-electron chi connectivity index (χ0n) is 10.2. The molecule has 1 atom stereocenters. The smallest absolute Gasteiger partial charge is 0.343 e. The third-order valence-corrected chi connectivity index (χ3v) is 3.63. The number of hydrogen-bond donors (Lipinski definition) is 1. The molecule has 0 radical (unpaired) electrons. The van der Waals surface area contributed by atoms with E-state index < -0.39 is 25.6 Å². The van der Waals surface area contributed by atoms with Gasteiger partial charge in [0.05, 0.1) is 0 Å². The molecule has 0 aliphatic heterocycles. The van der Waals surface area contributed by atoms with E-state index in [1.807, 2.05) is 0 Å². The molecule has 1 aromatic carbocycles. The Morgan fingerprint density at radius 1 is 1.28 bits per heavy atom. The van der Waals surface area contributed by atoms with Crippen molar-refractivity contribution in [2.45, 2.75) is 5.85 Å². The summed E-state index contributed by atoms with van der Waals surface area (Å²) in [6, 6.07) is 8.33. The first-order chi connectivity index (χ1) is 8.32. The third kappa shape index (κ3) is 4.09. The second kappa shape index (κ2) is 5.94. The molecule has 6 heteroatoms. The molecule has 0 saturated carbocycles. The van der Waals surface area contributed by atoms with E-state index in [2.05, 4.69) is 4.74 Å². The standard InChI is InChI=1S/C12H15O5P/c1-18(2,16)12(15)11(14)17-8-10(13)9-6-4-3-5-7-9/h3-7,12,15H,8H2,1-2H3. The van der Waals surface area contributed by atoms with Crippen LogP contribution in [0.2, 0.25) is 0 Å². The number of aliphatic hydroxyl groups is 1. The van der Waals surface area contributed by atoms with Crippen LogP contribution in [-0.4, -0.2) is 42.6 Å². The number of hydrogen-bond acceptors (Lipinski definition) is 5. The van der Waals surface area contributed by atoms with Crippen LogP contribution in [-0.2, 0) is 14.1 Å². The predicted octanol–water partition coefficient (Wildman–Crippen LogP) is 1.35. The van der Waals surface area contributed by atoms with E-state index in [9.17, 15) is 19.3 Å². The Morgan fingerprint density at radius 2 is 1.83 bits per heavy atom. The molecule has 1 rings (SSSR count). The Labute approximate surface area is 105 Å². The quantitative estimate of drug-likeness (QED) is 0.496. The summed E-state index contributed by atoms with van der Waals surface area (Å²) in [4.78, 5) is 22.9.